The van der Waals surface area contributed by atoms with Gasteiger partial charge in [-0.05, 0) is 55.5 Å². The standard InChI is InChI=1S/C19H18O5/c1-13(20)14-4-7-16(8-5-14)24-19(21)11-6-15-12-17(22-2)9-10-18(15)23-3/h4-12H,1-3H3/b11-6+. The Kier molecular flexibility index (Phi) is 5.73. The maximum absolute atomic E-state index is 11.9. The van der Waals surface area contributed by atoms with Gasteiger partial charge in [-0.2, -0.15) is 0 Å². The van der Waals surface area contributed by atoms with E-state index in [1.807, 2.05) is 0 Å². The Morgan fingerprint density at radius 1 is 0.917 bits per heavy atom. The zero-order valence-corrected chi connectivity index (χ0v) is 13.7. The molecule has 2 aromatic carbocycles. The second kappa shape index (κ2) is 7.97. The number of methoxy groups -OCH3 is 2. The summed E-state index contributed by atoms with van der Waals surface area (Å²) in [5, 5.41) is 0. The molecule has 0 atom stereocenters. The molecule has 0 bridgehead atoms. The summed E-state index contributed by atoms with van der Waals surface area (Å²) < 4.78 is 15.6. The highest BCUT2D eigenvalue weighted by molar-refractivity contribution is 5.94. The van der Waals surface area contributed by atoms with E-state index in [1.54, 1.807) is 62.8 Å². The number of ether oxygens (including phenoxy) is 3. The van der Waals surface area contributed by atoms with Gasteiger partial charge < -0.3 is 14.2 Å². The number of ketones is 1. The van der Waals surface area contributed by atoms with Gasteiger partial charge in [0.25, 0.3) is 0 Å². The third-order valence-electron chi connectivity index (χ3n) is 3.32. The van der Waals surface area contributed by atoms with Crippen molar-refractivity contribution < 1.29 is 23.8 Å². The predicted octanol–water partition coefficient (Wildman–Crippen LogP) is 3.53. The van der Waals surface area contributed by atoms with E-state index in [9.17, 15) is 9.59 Å². The number of esters is 1. The van der Waals surface area contributed by atoms with Gasteiger partial charge in [0.2, 0.25) is 0 Å². The topological polar surface area (TPSA) is 61.8 Å². The number of Topliss-reactive ketones (excluding diaryl/α,β-unsaturated/α-hetero) is 1. The van der Waals surface area contributed by atoms with E-state index >= 15 is 0 Å². The largest absolute Gasteiger partial charge is 0.497 e. The summed E-state index contributed by atoms with van der Waals surface area (Å²) in [6.45, 7) is 1.48. The van der Waals surface area contributed by atoms with Crippen LogP contribution in [-0.4, -0.2) is 26.0 Å². The molecule has 0 aliphatic rings. The minimum absolute atomic E-state index is 0.0436. The van der Waals surface area contributed by atoms with Crippen LogP contribution in [0.15, 0.2) is 48.5 Å². The van der Waals surface area contributed by atoms with Crippen LogP contribution in [-0.2, 0) is 4.79 Å². The molecule has 0 aliphatic heterocycles. The highest BCUT2D eigenvalue weighted by Crippen LogP contribution is 2.25. The number of hydrogen-bond donors (Lipinski definition) is 0. The van der Waals surface area contributed by atoms with Crippen molar-refractivity contribution in [3.8, 4) is 17.2 Å². The van der Waals surface area contributed by atoms with Crippen LogP contribution in [0.25, 0.3) is 6.08 Å². The van der Waals surface area contributed by atoms with Gasteiger partial charge in [-0.25, -0.2) is 4.79 Å². The Labute approximate surface area is 140 Å². The highest BCUT2D eigenvalue weighted by Gasteiger charge is 2.05. The summed E-state index contributed by atoms with van der Waals surface area (Å²) in [7, 11) is 3.11. The first kappa shape index (κ1) is 17.3. The van der Waals surface area contributed by atoms with Crippen LogP contribution in [0.4, 0.5) is 0 Å². The Bertz CT molecular complexity index is 760. The smallest absolute Gasteiger partial charge is 0.336 e. The molecule has 0 fully saturated rings. The second-order valence-corrected chi connectivity index (χ2v) is 4.94. The number of rotatable bonds is 6. The zero-order chi connectivity index (χ0) is 17.5. The maximum atomic E-state index is 11.9. The molecule has 0 unspecified atom stereocenters. The molecule has 0 heterocycles. The average Bonchev–Trinajstić information content (AvgIpc) is 2.60. The quantitative estimate of drug-likeness (QED) is 0.352. The fraction of sp³-hybridized carbons (Fsp3) is 0.158. The van der Waals surface area contributed by atoms with Gasteiger partial charge in [0.05, 0.1) is 14.2 Å². The van der Waals surface area contributed by atoms with Crippen molar-refractivity contribution in [3.63, 3.8) is 0 Å². The zero-order valence-electron chi connectivity index (χ0n) is 13.7. The molecule has 0 N–H and O–H groups in total. The minimum Gasteiger partial charge on any atom is -0.497 e. The third-order valence-corrected chi connectivity index (χ3v) is 3.32. The fourth-order valence-corrected chi connectivity index (χ4v) is 2.04. The molecule has 0 radical (unpaired) electrons. The number of hydrogen-bond acceptors (Lipinski definition) is 5. The molecule has 0 aromatic heterocycles. The van der Waals surface area contributed by atoms with E-state index in [0.29, 0.717) is 28.4 Å². The Morgan fingerprint density at radius 3 is 2.17 bits per heavy atom. The lowest BCUT2D eigenvalue weighted by Crippen LogP contribution is -2.04. The number of carbonyl (C=O) groups is 2. The molecule has 124 valence electrons. The van der Waals surface area contributed by atoms with Gasteiger partial charge >= 0.3 is 5.97 Å². The molecule has 0 aliphatic carbocycles. The molecular weight excluding hydrogens is 308 g/mol. The van der Waals surface area contributed by atoms with E-state index < -0.39 is 5.97 Å². The van der Waals surface area contributed by atoms with Crippen LogP contribution >= 0.6 is 0 Å². The third kappa shape index (κ3) is 4.46. The Balaban J connectivity index is 2.08. The van der Waals surface area contributed by atoms with Gasteiger partial charge in [-0.3, -0.25) is 4.79 Å². The first-order valence-electron chi connectivity index (χ1n) is 7.26. The van der Waals surface area contributed by atoms with Crippen molar-refractivity contribution in [2.45, 2.75) is 6.92 Å². The summed E-state index contributed by atoms with van der Waals surface area (Å²) in [4.78, 5) is 23.1. The monoisotopic (exact) mass is 326 g/mol. The maximum Gasteiger partial charge on any atom is 0.336 e. The fourth-order valence-electron chi connectivity index (χ4n) is 2.04. The van der Waals surface area contributed by atoms with Crippen molar-refractivity contribution in [2.75, 3.05) is 14.2 Å². The molecule has 2 aromatic rings. The molecule has 0 saturated heterocycles. The lowest BCUT2D eigenvalue weighted by Gasteiger charge is -2.07. The first-order valence-corrected chi connectivity index (χ1v) is 7.26. The van der Waals surface area contributed by atoms with Crippen molar-refractivity contribution in [3.05, 3.63) is 59.7 Å². The average molecular weight is 326 g/mol. The summed E-state index contributed by atoms with van der Waals surface area (Å²) in [6, 6.07) is 11.7. The highest BCUT2D eigenvalue weighted by atomic mass is 16.5. The van der Waals surface area contributed by atoms with Gasteiger partial charge in [0, 0.05) is 17.2 Å². The predicted molar refractivity (Wildman–Crippen MR) is 90.7 cm³/mol. The molecule has 24 heavy (non-hydrogen) atoms. The van der Waals surface area contributed by atoms with E-state index in [4.69, 9.17) is 14.2 Å². The summed E-state index contributed by atoms with van der Waals surface area (Å²) >= 11 is 0. The molecule has 2 rings (SSSR count). The van der Waals surface area contributed by atoms with Gasteiger partial charge in [-0.1, -0.05) is 0 Å². The molecule has 0 saturated carbocycles. The Morgan fingerprint density at radius 2 is 1.58 bits per heavy atom. The summed E-state index contributed by atoms with van der Waals surface area (Å²) in [5.74, 6) is 1.06. The minimum atomic E-state index is -0.532. The normalized spacial score (nSPS) is 10.5. The lowest BCUT2D eigenvalue weighted by molar-refractivity contribution is -0.128. The number of benzene rings is 2. The molecular formula is C19H18O5. The second-order valence-electron chi connectivity index (χ2n) is 4.94. The lowest BCUT2D eigenvalue weighted by atomic mass is 10.1. The SMILES string of the molecule is COc1ccc(OC)c(/C=C/C(=O)Oc2ccc(C(C)=O)cc2)c1. The van der Waals surface area contributed by atoms with E-state index in [-0.39, 0.29) is 5.78 Å². The van der Waals surface area contributed by atoms with Crippen LogP contribution in [0.2, 0.25) is 0 Å². The molecule has 0 amide bonds. The van der Waals surface area contributed by atoms with Crippen LogP contribution in [0.5, 0.6) is 17.2 Å². The van der Waals surface area contributed by atoms with Gasteiger partial charge in [0.1, 0.15) is 17.2 Å². The summed E-state index contributed by atoms with van der Waals surface area (Å²) in [5.41, 5.74) is 1.26. The van der Waals surface area contributed by atoms with Crippen LogP contribution in [0.1, 0.15) is 22.8 Å². The van der Waals surface area contributed by atoms with Gasteiger partial charge in [-0.15, -0.1) is 0 Å². The van der Waals surface area contributed by atoms with E-state index in [0.717, 1.165) is 0 Å². The van der Waals surface area contributed by atoms with Gasteiger partial charge in [0.15, 0.2) is 5.78 Å². The van der Waals surface area contributed by atoms with Crippen LogP contribution in [0.3, 0.4) is 0 Å². The van der Waals surface area contributed by atoms with Crippen LogP contribution < -0.4 is 14.2 Å². The van der Waals surface area contributed by atoms with Crippen molar-refractivity contribution in [1.29, 1.82) is 0 Å². The van der Waals surface area contributed by atoms with E-state index in [1.165, 1.54) is 13.0 Å². The molecule has 5 nitrogen and oxygen atoms in total. The Hall–Kier alpha value is -3.08. The van der Waals surface area contributed by atoms with Crippen molar-refractivity contribution in [2.24, 2.45) is 0 Å². The van der Waals surface area contributed by atoms with E-state index in [2.05, 4.69) is 0 Å². The first-order chi connectivity index (χ1) is 11.5. The number of carbonyl (C=O) groups excluding carboxylic acids is 2. The summed E-state index contributed by atoms with van der Waals surface area (Å²) in [6.07, 6.45) is 2.89. The van der Waals surface area contributed by atoms with Crippen molar-refractivity contribution in [1.82, 2.24) is 0 Å². The van der Waals surface area contributed by atoms with Crippen molar-refractivity contribution >= 4 is 17.8 Å². The molecule has 0 spiro atoms. The van der Waals surface area contributed by atoms with Crippen LogP contribution in [0, 0.1) is 0 Å². The molecule has 5 heteroatoms.